The van der Waals surface area contributed by atoms with Crippen LogP contribution in [0.3, 0.4) is 0 Å². The van der Waals surface area contributed by atoms with Crippen molar-refractivity contribution in [2.45, 2.75) is 6.92 Å². The second-order valence-electron chi connectivity index (χ2n) is 5.87. The fourth-order valence-electron chi connectivity index (χ4n) is 2.74. The first-order valence-corrected chi connectivity index (χ1v) is 8.49. The third kappa shape index (κ3) is 2.68. The van der Waals surface area contributed by atoms with Crippen LogP contribution in [0.4, 0.5) is 10.8 Å². The number of benzene rings is 2. The molecule has 116 valence electrons. The van der Waals surface area contributed by atoms with Crippen LogP contribution in [0, 0.1) is 12.8 Å². The number of fused-ring (bicyclic) bond motifs is 1. The molecule has 1 aliphatic rings. The van der Waals surface area contributed by atoms with Gasteiger partial charge in [-0.25, -0.2) is 4.98 Å². The number of carbonyl (C=O) groups excluding carboxylic acids is 1. The number of carbonyl (C=O) groups is 1. The van der Waals surface area contributed by atoms with Gasteiger partial charge in [-0.15, -0.1) is 0 Å². The third-order valence-electron chi connectivity index (χ3n) is 4.21. The average molecular weight is 323 g/mol. The molecule has 2 aromatic carbocycles. The fourth-order valence-corrected chi connectivity index (χ4v) is 3.73. The van der Waals surface area contributed by atoms with Crippen molar-refractivity contribution >= 4 is 38.3 Å². The first-order valence-electron chi connectivity index (χ1n) is 7.68. The van der Waals surface area contributed by atoms with Crippen LogP contribution < -0.4 is 10.2 Å². The van der Waals surface area contributed by atoms with Gasteiger partial charge in [-0.05, 0) is 30.7 Å². The summed E-state index contributed by atoms with van der Waals surface area (Å²) in [6, 6.07) is 16.0. The van der Waals surface area contributed by atoms with Gasteiger partial charge in [0, 0.05) is 18.8 Å². The van der Waals surface area contributed by atoms with Gasteiger partial charge in [-0.2, -0.15) is 0 Å². The predicted molar refractivity (Wildman–Crippen MR) is 95.1 cm³/mol. The molecule has 0 bridgehead atoms. The Morgan fingerprint density at radius 2 is 1.91 bits per heavy atom. The van der Waals surface area contributed by atoms with E-state index in [1.807, 2.05) is 49.4 Å². The molecule has 0 atom stereocenters. The summed E-state index contributed by atoms with van der Waals surface area (Å²) in [4.78, 5) is 19.2. The Morgan fingerprint density at radius 3 is 2.70 bits per heavy atom. The lowest BCUT2D eigenvalue weighted by atomic mass is 10.00. The Bertz CT molecular complexity index is 834. The molecule has 0 radical (unpaired) electrons. The number of aryl methyl sites for hydroxylation is 1. The lowest BCUT2D eigenvalue weighted by molar-refractivity contribution is -0.120. The molecule has 0 aliphatic carbocycles. The Hall–Kier alpha value is -2.40. The molecule has 0 unspecified atom stereocenters. The van der Waals surface area contributed by atoms with Crippen LogP contribution in [0.25, 0.3) is 10.2 Å². The smallest absolute Gasteiger partial charge is 0.231 e. The average Bonchev–Trinajstić information content (AvgIpc) is 2.91. The van der Waals surface area contributed by atoms with Gasteiger partial charge in [0.15, 0.2) is 5.13 Å². The van der Waals surface area contributed by atoms with E-state index in [0.717, 1.165) is 35.0 Å². The molecule has 2 heterocycles. The molecular formula is C18H17N3OS. The molecule has 1 N–H and O–H groups in total. The minimum Gasteiger partial charge on any atom is -0.346 e. The number of anilines is 2. The molecule has 23 heavy (non-hydrogen) atoms. The monoisotopic (exact) mass is 323 g/mol. The molecule has 5 heteroatoms. The van der Waals surface area contributed by atoms with Gasteiger partial charge in [0.25, 0.3) is 0 Å². The Kier molecular flexibility index (Phi) is 3.50. The Labute approximate surface area is 138 Å². The zero-order valence-corrected chi connectivity index (χ0v) is 13.6. The van der Waals surface area contributed by atoms with Gasteiger partial charge < -0.3 is 10.2 Å². The number of nitrogens with one attached hydrogen (secondary N) is 1. The van der Waals surface area contributed by atoms with Crippen LogP contribution in [0.5, 0.6) is 0 Å². The standard InChI is InChI=1S/C18H17N3OS/c1-12-6-2-3-7-14(12)19-17(22)13-10-21(11-13)18-20-15-8-4-5-9-16(15)23-18/h2-9,13H,10-11H2,1H3,(H,19,22). The van der Waals surface area contributed by atoms with Gasteiger partial charge in [0.1, 0.15) is 0 Å². The van der Waals surface area contributed by atoms with E-state index < -0.39 is 0 Å². The van der Waals surface area contributed by atoms with Crippen molar-refractivity contribution < 1.29 is 4.79 Å². The van der Waals surface area contributed by atoms with Crippen molar-refractivity contribution in [2.24, 2.45) is 5.92 Å². The van der Waals surface area contributed by atoms with Crippen LogP contribution >= 0.6 is 11.3 Å². The van der Waals surface area contributed by atoms with E-state index >= 15 is 0 Å². The molecule has 0 spiro atoms. The number of rotatable bonds is 3. The van der Waals surface area contributed by atoms with Crippen LogP contribution in [-0.4, -0.2) is 24.0 Å². The summed E-state index contributed by atoms with van der Waals surface area (Å²) in [7, 11) is 0. The molecule has 4 nitrogen and oxygen atoms in total. The van der Waals surface area contributed by atoms with Crippen molar-refractivity contribution in [1.82, 2.24) is 4.98 Å². The lowest BCUT2D eigenvalue weighted by Gasteiger charge is -2.38. The molecule has 1 saturated heterocycles. The summed E-state index contributed by atoms with van der Waals surface area (Å²) in [6.07, 6.45) is 0. The van der Waals surface area contributed by atoms with E-state index in [1.54, 1.807) is 11.3 Å². The molecule has 0 saturated carbocycles. The Morgan fingerprint density at radius 1 is 1.17 bits per heavy atom. The predicted octanol–water partition coefficient (Wildman–Crippen LogP) is 3.68. The molecule has 1 amide bonds. The zero-order chi connectivity index (χ0) is 15.8. The summed E-state index contributed by atoms with van der Waals surface area (Å²) in [5.74, 6) is 0.123. The van der Waals surface area contributed by atoms with E-state index in [2.05, 4.69) is 21.3 Å². The number of para-hydroxylation sites is 2. The van der Waals surface area contributed by atoms with Crippen molar-refractivity contribution in [3.05, 3.63) is 54.1 Å². The van der Waals surface area contributed by atoms with E-state index in [1.165, 1.54) is 4.70 Å². The second-order valence-corrected chi connectivity index (χ2v) is 6.88. The Balaban J connectivity index is 1.41. The van der Waals surface area contributed by atoms with Crippen LogP contribution in [0.2, 0.25) is 0 Å². The number of aromatic nitrogens is 1. The molecule has 3 aromatic rings. The van der Waals surface area contributed by atoms with Crippen molar-refractivity contribution in [1.29, 1.82) is 0 Å². The summed E-state index contributed by atoms with van der Waals surface area (Å²) in [6.45, 7) is 3.47. The number of amides is 1. The summed E-state index contributed by atoms with van der Waals surface area (Å²) < 4.78 is 1.19. The van der Waals surface area contributed by atoms with Crippen molar-refractivity contribution in [3.63, 3.8) is 0 Å². The van der Waals surface area contributed by atoms with Gasteiger partial charge in [-0.3, -0.25) is 4.79 Å². The van der Waals surface area contributed by atoms with E-state index in [9.17, 15) is 4.79 Å². The largest absolute Gasteiger partial charge is 0.346 e. The fraction of sp³-hybridized carbons (Fsp3) is 0.222. The maximum Gasteiger partial charge on any atom is 0.231 e. The van der Waals surface area contributed by atoms with E-state index in [0.29, 0.717) is 0 Å². The first kappa shape index (κ1) is 14.2. The zero-order valence-electron chi connectivity index (χ0n) is 12.8. The number of nitrogens with zero attached hydrogens (tertiary/aromatic N) is 2. The van der Waals surface area contributed by atoms with Crippen LogP contribution in [0.15, 0.2) is 48.5 Å². The lowest BCUT2D eigenvalue weighted by Crippen LogP contribution is -2.52. The molecule has 1 aliphatic heterocycles. The maximum absolute atomic E-state index is 12.3. The molecule has 4 rings (SSSR count). The van der Waals surface area contributed by atoms with Crippen molar-refractivity contribution in [2.75, 3.05) is 23.3 Å². The molecule has 1 aromatic heterocycles. The highest BCUT2D eigenvalue weighted by Gasteiger charge is 2.34. The molecule has 1 fully saturated rings. The van der Waals surface area contributed by atoms with Crippen LogP contribution in [0.1, 0.15) is 5.56 Å². The number of hydrogen-bond acceptors (Lipinski definition) is 4. The van der Waals surface area contributed by atoms with Gasteiger partial charge in [-0.1, -0.05) is 41.7 Å². The highest BCUT2D eigenvalue weighted by molar-refractivity contribution is 7.22. The minimum absolute atomic E-state index is 0.0293. The SMILES string of the molecule is Cc1ccccc1NC(=O)C1CN(c2nc3ccccc3s2)C1. The highest BCUT2D eigenvalue weighted by atomic mass is 32.1. The third-order valence-corrected chi connectivity index (χ3v) is 5.31. The maximum atomic E-state index is 12.3. The summed E-state index contributed by atoms with van der Waals surface area (Å²) in [5, 5.41) is 4.03. The van der Waals surface area contributed by atoms with E-state index in [4.69, 9.17) is 0 Å². The molecular weight excluding hydrogens is 306 g/mol. The van der Waals surface area contributed by atoms with Crippen LogP contribution in [-0.2, 0) is 4.79 Å². The highest BCUT2D eigenvalue weighted by Crippen LogP contribution is 2.33. The topological polar surface area (TPSA) is 45.2 Å². The quantitative estimate of drug-likeness (QED) is 0.800. The minimum atomic E-state index is 0.0293. The second kappa shape index (κ2) is 5.66. The normalized spacial score (nSPS) is 14.7. The van der Waals surface area contributed by atoms with Crippen molar-refractivity contribution in [3.8, 4) is 0 Å². The first-order chi connectivity index (χ1) is 11.2. The van der Waals surface area contributed by atoms with Gasteiger partial charge in [0.05, 0.1) is 16.1 Å². The number of thiazole rings is 1. The van der Waals surface area contributed by atoms with Gasteiger partial charge in [0.2, 0.25) is 5.91 Å². The van der Waals surface area contributed by atoms with E-state index in [-0.39, 0.29) is 11.8 Å². The number of hydrogen-bond donors (Lipinski definition) is 1. The van der Waals surface area contributed by atoms with Gasteiger partial charge >= 0.3 is 0 Å². The summed E-state index contributed by atoms with van der Waals surface area (Å²) in [5.41, 5.74) is 3.01. The summed E-state index contributed by atoms with van der Waals surface area (Å²) >= 11 is 1.68.